The van der Waals surface area contributed by atoms with Crippen molar-refractivity contribution in [2.24, 2.45) is 11.7 Å². The van der Waals surface area contributed by atoms with Gasteiger partial charge in [0.05, 0.1) is 4.90 Å². The molecule has 1 aliphatic rings. The molecule has 0 aromatic heterocycles. The molecule has 1 saturated heterocycles. The Bertz CT molecular complexity index is 629. The van der Waals surface area contributed by atoms with E-state index in [2.05, 4.69) is 0 Å². The summed E-state index contributed by atoms with van der Waals surface area (Å²) in [5, 5.41) is 18.3. The van der Waals surface area contributed by atoms with E-state index in [-0.39, 0.29) is 10.8 Å². The zero-order valence-electron chi connectivity index (χ0n) is 10.7. The van der Waals surface area contributed by atoms with Crippen molar-refractivity contribution in [3.63, 3.8) is 0 Å². The molecule has 1 unspecified atom stereocenters. The van der Waals surface area contributed by atoms with Gasteiger partial charge in [-0.1, -0.05) is 0 Å². The van der Waals surface area contributed by atoms with Crippen LogP contribution < -0.4 is 5.73 Å². The second-order valence-electron chi connectivity index (χ2n) is 4.74. The lowest BCUT2D eigenvalue weighted by molar-refractivity contribution is 0.0693. The van der Waals surface area contributed by atoms with E-state index in [1.165, 1.54) is 10.4 Å². The Morgan fingerprint density at radius 3 is 2.70 bits per heavy atom. The molecule has 7 nitrogen and oxygen atoms in total. The van der Waals surface area contributed by atoms with Gasteiger partial charge in [-0.3, -0.25) is 0 Å². The Morgan fingerprint density at radius 1 is 1.45 bits per heavy atom. The van der Waals surface area contributed by atoms with Crippen LogP contribution in [-0.2, 0) is 10.0 Å². The Kier molecular flexibility index (Phi) is 3.98. The fourth-order valence-corrected chi connectivity index (χ4v) is 3.76. The van der Waals surface area contributed by atoms with Crippen LogP contribution in [0.2, 0.25) is 0 Å². The minimum Gasteiger partial charge on any atom is -0.507 e. The van der Waals surface area contributed by atoms with Crippen LogP contribution in [0.15, 0.2) is 23.1 Å². The molecule has 1 atom stereocenters. The molecule has 0 amide bonds. The third-order valence-electron chi connectivity index (χ3n) is 3.42. The molecule has 110 valence electrons. The number of carbonyl (C=O) groups is 1. The van der Waals surface area contributed by atoms with Gasteiger partial charge < -0.3 is 15.9 Å². The molecule has 0 spiro atoms. The second-order valence-corrected chi connectivity index (χ2v) is 6.68. The van der Waals surface area contributed by atoms with Gasteiger partial charge in [-0.25, -0.2) is 13.2 Å². The van der Waals surface area contributed by atoms with Gasteiger partial charge in [-0.05, 0) is 37.1 Å². The Labute approximate surface area is 116 Å². The van der Waals surface area contributed by atoms with Gasteiger partial charge in [-0.2, -0.15) is 4.31 Å². The Balaban J connectivity index is 2.35. The number of nitrogens with zero attached hydrogens (tertiary/aromatic N) is 1. The van der Waals surface area contributed by atoms with E-state index < -0.39 is 27.3 Å². The van der Waals surface area contributed by atoms with E-state index in [0.717, 1.165) is 12.1 Å². The van der Waals surface area contributed by atoms with E-state index in [1.54, 1.807) is 0 Å². The molecule has 1 fully saturated rings. The summed E-state index contributed by atoms with van der Waals surface area (Å²) in [6.45, 7) is 1.12. The fraction of sp³-hybridized carbons (Fsp3) is 0.417. The van der Waals surface area contributed by atoms with Crippen LogP contribution in [0.1, 0.15) is 16.8 Å². The lowest BCUT2D eigenvalue weighted by atomic mass is 10.1. The molecule has 2 rings (SSSR count). The first-order valence-electron chi connectivity index (χ1n) is 6.12. The smallest absolute Gasteiger partial charge is 0.339 e. The average Bonchev–Trinajstić information content (AvgIpc) is 2.88. The zero-order valence-corrected chi connectivity index (χ0v) is 11.5. The molecule has 1 heterocycles. The molecule has 0 saturated carbocycles. The molecule has 1 aromatic carbocycles. The maximum Gasteiger partial charge on any atom is 0.339 e. The van der Waals surface area contributed by atoms with Crippen molar-refractivity contribution >= 4 is 16.0 Å². The van der Waals surface area contributed by atoms with Crippen LogP contribution in [0.3, 0.4) is 0 Å². The van der Waals surface area contributed by atoms with Crippen molar-refractivity contribution < 1.29 is 23.4 Å². The van der Waals surface area contributed by atoms with Gasteiger partial charge in [0.2, 0.25) is 10.0 Å². The molecule has 4 N–H and O–H groups in total. The first-order valence-corrected chi connectivity index (χ1v) is 7.56. The number of rotatable bonds is 4. The van der Waals surface area contributed by atoms with Crippen LogP contribution in [0.4, 0.5) is 0 Å². The van der Waals surface area contributed by atoms with E-state index in [4.69, 9.17) is 10.8 Å². The number of benzene rings is 1. The zero-order chi connectivity index (χ0) is 14.9. The number of carboxylic acids is 1. The number of carboxylic acid groups (broad SMARTS) is 1. The second kappa shape index (κ2) is 5.39. The van der Waals surface area contributed by atoms with Crippen molar-refractivity contribution in [1.82, 2.24) is 4.31 Å². The van der Waals surface area contributed by atoms with Gasteiger partial charge in [0.25, 0.3) is 0 Å². The quantitative estimate of drug-likeness (QED) is 0.723. The number of hydrogen-bond acceptors (Lipinski definition) is 5. The normalized spacial score (nSPS) is 20.1. The van der Waals surface area contributed by atoms with Gasteiger partial charge in [0.15, 0.2) is 0 Å². The molecule has 0 bridgehead atoms. The van der Waals surface area contributed by atoms with Crippen molar-refractivity contribution in [1.29, 1.82) is 0 Å². The van der Waals surface area contributed by atoms with Gasteiger partial charge in [0.1, 0.15) is 11.3 Å². The summed E-state index contributed by atoms with van der Waals surface area (Å²) in [5.74, 6) is -1.71. The summed E-state index contributed by atoms with van der Waals surface area (Å²) in [5.41, 5.74) is 5.10. The molecule has 0 radical (unpaired) electrons. The molecular weight excluding hydrogens is 284 g/mol. The first kappa shape index (κ1) is 14.8. The van der Waals surface area contributed by atoms with Crippen LogP contribution in [0.5, 0.6) is 5.75 Å². The molecule has 8 heteroatoms. The third-order valence-corrected chi connectivity index (χ3v) is 5.28. The highest BCUT2D eigenvalue weighted by atomic mass is 32.2. The van der Waals surface area contributed by atoms with Crippen LogP contribution >= 0.6 is 0 Å². The number of nitrogens with two attached hydrogens (primary N) is 1. The first-order chi connectivity index (χ1) is 9.36. The van der Waals surface area contributed by atoms with E-state index in [1.807, 2.05) is 0 Å². The topological polar surface area (TPSA) is 121 Å². The monoisotopic (exact) mass is 300 g/mol. The highest BCUT2D eigenvalue weighted by Crippen LogP contribution is 2.27. The van der Waals surface area contributed by atoms with Crippen LogP contribution in [0.25, 0.3) is 0 Å². The van der Waals surface area contributed by atoms with Crippen molar-refractivity contribution in [2.45, 2.75) is 11.3 Å². The van der Waals surface area contributed by atoms with Gasteiger partial charge >= 0.3 is 5.97 Å². The summed E-state index contributed by atoms with van der Waals surface area (Å²) in [7, 11) is -3.75. The molecule has 0 aliphatic carbocycles. The summed E-state index contributed by atoms with van der Waals surface area (Å²) in [4.78, 5) is 10.8. The van der Waals surface area contributed by atoms with Crippen LogP contribution in [0, 0.1) is 5.92 Å². The lowest BCUT2D eigenvalue weighted by Gasteiger charge is -2.16. The number of hydrogen-bond donors (Lipinski definition) is 3. The third kappa shape index (κ3) is 2.62. The summed E-state index contributed by atoms with van der Waals surface area (Å²) >= 11 is 0. The number of sulfonamides is 1. The van der Waals surface area contributed by atoms with Crippen molar-refractivity contribution in [3.8, 4) is 5.75 Å². The number of aromatic carboxylic acids is 1. The maximum absolute atomic E-state index is 12.4. The van der Waals surface area contributed by atoms with Crippen molar-refractivity contribution in [3.05, 3.63) is 23.8 Å². The van der Waals surface area contributed by atoms with Gasteiger partial charge in [0, 0.05) is 13.1 Å². The summed E-state index contributed by atoms with van der Waals surface area (Å²) < 4.78 is 26.1. The van der Waals surface area contributed by atoms with Crippen LogP contribution in [-0.4, -0.2) is 48.5 Å². The minimum atomic E-state index is -3.75. The molecule has 1 aromatic rings. The SMILES string of the molecule is NCC1CCN(S(=O)(=O)c2ccc(O)c(C(=O)O)c2)C1. The molecule has 1 aliphatic heterocycles. The van der Waals surface area contributed by atoms with E-state index in [9.17, 15) is 18.3 Å². The van der Waals surface area contributed by atoms with Gasteiger partial charge in [-0.15, -0.1) is 0 Å². The largest absolute Gasteiger partial charge is 0.507 e. The highest BCUT2D eigenvalue weighted by Gasteiger charge is 2.32. The maximum atomic E-state index is 12.4. The number of aromatic hydroxyl groups is 1. The Hall–Kier alpha value is -1.64. The predicted molar refractivity (Wildman–Crippen MR) is 71.0 cm³/mol. The van der Waals surface area contributed by atoms with Crippen molar-refractivity contribution in [2.75, 3.05) is 19.6 Å². The fourth-order valence-electron chi connectivity index (χ4n) is 2.20. The Morgan fingerprint density at radius 2 is 2.15 bits per heavy atom. The lowest BCUT2D eigenvalue weighted by Crippen LogP contribution is -2.30. The highest BCUT2D eigenvalue weighted by molar-refractivity contribution is 7.89. The van der Waals surface area contributed by atoms with E-state index >= 15 is 0 Å². The summed E-state index contributed by atoms with van der Waals surface area (Å²) in [6, 6.07) is 3.25. The number of phenols is 1. The molecule has 20 heavy (non-hydrogen) atoms. The summed E-state index contributed by atoms with van der Waals surface area (Å²) in [6.07, 6.45) is 0.694. The standard InChI is InChI=1S/C12H16N2O5S/c13-6-8-3-4-14(7-8)20(18,19)9-1-2-11(15)10(5-9)12(16)17/h1-2,5,8,15H,3-4,6-7,13H2,(H,16,17). The van der Waals surface area contributed by atoms with E-state index in [0.29, 0.717) is 26.1 Å². The molecular formula is C12H16N2O5S. The predicted octanol–water partition coefficient (Wildman–Crippen LogP) is 0.0597. The minimum absolute atomic E-state index is 0.126. The average molecular weight is 300 g/mol.